The maximum Gasteiger partial charge on any atom is 0.226 e. The van der Waals surface area contributed by atoms with Crippen molar-refractivity contribution in [3.63, 3.8) is 0 Å². The van der Waals surface area contributed by atoms with E-state index < -0.39 is 0 Å². The number of imide groups is 1. The zero-order valence-corrected chi connectivity index (χ0v) is 5.92. The van der Waals surface area contributed by atoms with Gasteiger partial charge < -0.3 is 0 Å². The SMILES string of the molecule is O=[C]CC1CC(=O)NC(=O)C1. The summed E-state index contributed by atoms with van der Waals surface area (Å²) >= 11 is 0. The first-order valence-electron chi connectivity index (χ1n) is 3.40. The summed E-state index contributed by atoms with van der Waals surface area (Å²) < 4.78 is 0. The number of rotatable bonds is 2. The number of hydrogen-bond donors (Lipinski definition) is 1. The Labute approximate surface area is 64.0 Å². The van der Waals surface area contributed by atoms with Gasteiger partial charge in [-0.05, 0) is 5.92 Å². The fourth-order valence-electron chi connectivity index (χ4n) is 1.12. The molecule has 2 amide bonds. The number of amides is 2. The number of hydrogen-bond acceptors (Lipinski definition) is 3. The summed E-state index contributed by atoms with van der Waals surface area (Å²) in [6, 6.07) is 0. The number of piperidine rings is 1. The monoisotopic (exact) mass is 154 g/mol. The van der Waals surface area contributed by atoms with Gasteiger partial charge >= 0.3 is 0 Å². The van der Waals surface area contributed by atoms with Gasteiger partial charge in [0.2, 0.25) is 11.8 Å². The maximum absolute atomic E-state index is 10.7. The molecule has 0 aromatic carbocycles. The molecule has 4 heteroatoms. The molecule has 59 valence electrons. The quantitative estimate of drug-likeness (QED) is 0.547. The Hall–Kier alpha value is -1.19. The van der Waals surface area contributed by atoms with Gasteiger partial charge in [-0.1, -0.05) is 0 Å². The van der Waals surface area contributed by atoms with Crippen LogP contribution in [0.2, 0.25) is 0 Å². The Morgan fingerprint density at radius 2 is 1.91 bits per heavy atom. The third kappa shape index (κ3) is 2.14. The molecular formula is C7H8NO3. The van der Waals surface area contributed by atoms with Crippen LogP contribution in [0.5, 0.6) is 0 Å². The standard InChI is InChI=1S/C7H8NO3/c9-2-1-5-3-6(10)8-7(11)4-5/h5H,1,3-4H2,(H,8,10,11). The molecule has 1 N–H and O–H groups in total. The Morgan fingerprint density at radius 3 is 2.36 bits per heavy atom. The molecule has 0 saturated carbocycles. The van der Waals surface area contributed by atoms with Crippen molar-refractivity contribution in [1.29, 1.82) is 0 Å². The highest BCUT2D eigenvalue weighted by atomic mass is 16.2. The minimum Gasteiger partial charge on any atom is -0.296 e. The zero-order valence-electron chi connectivity index (χ0n) is 5.92. The van der Waals surface area contributed by atoms with E-state index in [1.807, 2.05) is 0 Å². The van der Waals surface area contributed by atoms with Crippen molar-refractivity contribution in [3.8, 4) is 0 Å². The molecule has 0 atom stereocenters. The average molecular weight is 154 g/mol. The molecule has 0 aromatic rings. The molecule has 0 aliphatic carbocycles. The van der Waals surface area contributed by atoms with Gasteiger partial charge in [-0.15, -0.1) is 0 Å². The lowest BCUT2D eigenvalue weighted by Crippen LogP contribution is -2.38. The van der Waals surface area contributed by atoms with Gasteiger partial charge in [0.25, 0.3) is 0 Å². The molecule has 0 unspecified atom stereocenters. The van der Waals surface area contributed by atoms with Crippen molar-refractivity contribution in [2.24, 2.45) is 5.92 Å². The molecule has 0 bridgehead atoms. The summed E-state index contributed by atoms with van der Waals surface area (Å²) in [6.07, 6.45) is 2.41. The first kappa shape index (κ1) is 7.91. The minimum absolute atomic E-state index is 0.131. The van der Waals surface area contributed by atoms with Crippen molar-refractivity contribution in [2.45, 2.75) is 19.3 Å². The fourth-order valence-corrected chi connectivity index (χ4v) is 1.12. The van der Waals surface area contributed by atoms with Crippen LogP contribution >= 0.6 is 0 Å². The molecule has 4 nitrogen and oxygen atoms in total. The maximum atomic E-state index is 10.7. The van der Waals surface area contributed by atoms with Crippen molar-refractivity contribution in [3.05, 3.63) is 0 Å². The molecule has 1 aliphatic heterocycles. The number of carbonyl (C=O) groups is 2. The van der Waals surface area contributed by atoms with Gasteiger partial charge in [-0.3, -0.25) is 19.7 Å². The van der Waals surface area contributed by atoms with E-state index in [9.17, 15) is 14.4 Å². The van der Waals surface area contributed by atoms with Crippen molar-refractivity contribution < 1.29 is 14.4 Å². The van der Waals surface area contributed by atoms with E-state index in [2.05, 4.69) is 5.32 Å². The molecule has 0 spiro atoms. The molecule has 1 radical (unpaired) electrons. The molecule has 1 saturated heterocycles. The lowest BCUT2D eigenvalue weighted by atomic mass is 9.94. The minimum atomic E-state index is -0.290. The van der Waals surface area contributed by atoms with Crippen LogP contribution in [0.25, 0.3) is 0 Å². The summed E-state index contributed by atoms with van der Waals surface area (Å²) in [6.45, 7) is 0. The van der Waals surface area contributed by atoms with E-state index in [0.29, 0.717) is 0 Å². The van der Waals surface area contributed by atoms with Gasteiger partial charge in [-0.2, -0.15) is 0 Å². The lowest BCUT2D eigenvalue weighted by molar-refractivity contribution is -0.134. The predicted octanol–water partition coefficient (Wildman–Crippen LogP) is -0.461. The van der Waals surface area contributed by atoms with E-state index in [0.717, 1.165) is 0 Å². The second-order valence-electron chi connectivity index (χ2n) is 2.59. The molecular weight excluding hydrogens is 146 g/mol. The van der Waals surface area contributed by atoms with Crippen LogP contribution in [-0.4, -0.2) is 18.1 Å². The van der Waals surface area contributed by atoms with Crippen LogP contribution in [0.1, 0.15) is 19.3 Å². The smallest absolute Gasteiger partial charge is 0.226 e. The summed E-state index contributed by atoms with van der Waals surface area (Å²) in [4.78, 5) is 31.3. The predicted molar refractivity (Wildman–Crippen MR) is 36.2 cm³/mol. The molecule has 0 aromatic heterocycles. The Balaban J connectivity index is 2.49. The highest BCUT2D eigenvalue weighted by Gasteiger charge is 2.24. The zero-order chi connectivity index (χ0) is 8.27. The second-order valence-corrected chi connectivity index (χ2v) is 2.59. The topological polar surface area (TPSA) is 63.2 Å². The van der Waals surface area contributed by atoms with Gasteiger partial charge in [0.15, 0.2) is 6.29 Å². The van der Waals surface area contributed by atoms with E-state index in [-0.39, 0.29) is 37.0 Å². The third-order valence-corrected chi connectivity index (χ3v) is 1.60. The largest absolute Gasteiger partial charge is 0.296 e. The molecule has 1 rings (SSSR count). The van der Waals surface area contributed by atoms with Crippen LogP contribution in [-0.2, 0) is 14.4 Å². The van der Waals surface area contributed by atoms with Crippen LogP contribution < -0.4 is 5.32 Å². The van der Waals surface area contributed by atoms with Crippen molar-refractivity contribution in [2.75, 3.05) is 0 Å². The summed E-state index contributed by atoms with van der Waals surface area (Å²) in [5.41, 5.74) is 0. The third-order valence-electron chi connectivity index (χ3n) is 1.60. The summed E-state index contributed by atoms with van der Waals surface area (Å²) in [5.74, 6) is -0.711. The lowest BCUT2D eigenvalue weighted by Gasteiger charge is -2.17. The molecule has 1 aliphatic rings. The molecule has 11 heavy (non-hydrogen) atoms. The Kier molecular flexibility index (Phi) is 2.36. The fraction of sp³-hybridized carbons (Fsp3) is 0.571. The molecule has 1 fully saturated rings. The van der Waals surface area contributed by atoms with Gasteiger partial charge in [0.05, 0.1) is 0 Å². The van der Waals surface area contributed by atoms with E-state index >= 15 is 0 Å². The van der Waals surface area contributed by atoms with Gasteiger partial charge in [0.1, 0.15) is 0 Å². The van der Waals surface area contributed by atoms with Crippen LogP contribution in [0.3, 0.4) is 0 Å². The Morgan fingerprint density at radius 1 is 1.36 bits per heavy atom. The van der Waals surface area contributed by atoms with Gasteiger partial charge in [-0.25, -0.2) is 0 Å². The highest BCUT2D eigenvalue weighted by Crippen LogP contribution is 2.15. The van der Waals surface area contributed by atoms with Crippen LogP contribution in [0.15, 0.2) is 0 Å². The normalized spacial score (nSPS) is 19.6. The second kappa shape index (κ2) is 3.27. The number of carbonyl (C=O) groups excluding carboxylic acids is 3. The first-order valence-corrected chi connectivity index (χ1v) is 3.40. The van der Waals surface area contributed by atoms with Gasteiger partial charge in [0, 0.05) is 19.3 Å². The van der Waals surface area contributed by atoms with Crippen molar-refractivity contribution >= 4 is 18.1 Å². The van der Waals surface area contributed by atoms with Crippen molar-refractivity contribution in [1.82, 2.24) is 5.32 Å². The Bertz CT molecular complexity index is 184. The van der Waals surface area contributed by atoms with Crippen LogP contribution in [0.4, 0.5) is 0 Å². The average Bonchev–Trinajstić information content (AvgIpc) is 1.85. The summed E-state index contributed by atoms with van der Waals surface area (Å²) in [7, 11) is 0. The van der Waals surface area contributed by atoms with E-state index in [1.54, 1.807) is 6.29 Å². The van der Waals surface area contributed by atoms with E-state index in [1.165, 1.54) is 0 Å². The highest BCUT2D eigenvalue weighted by molar-refractivity contribution is 5.97. The van der Waals surface area contributed by atoms with Crippen LogP contribution in [0, 0.1) is 5.92 Å². The van der Waals surface area contributed by atoms with E-state index in [4.69, 9.17) is 0 Å². The summed E-state index contributed by atoms with van der Waals surface area (Å²) in [5, 5.41) is 2.16. The first-order chi connectivity index (χ1) is 5.22. The number of nitrogens with one attached hydrogen (secondary N) is 1. The molecule has 1 heterocycles.